The van der Waals surface area contributed by atoms with Crippen LogP contribution in [0.15, 0.2) is 10.8 Å². The van der Waals surface area contributed by atoms with E-state index in [1.165, 1.54) is 30.6 Å². The summed E-state index contributed by atoms with van der Waals surface area (Å²) in [5, 5.41) is 20.1. The first kappa shape index (κ1) is 36.2. The number of amides is 2. The topological polar surface area (TPSA) is 157 Å². The number of nitrogens with zero attached hydrogens (tertiary/aromatic N) is 2. The number of carbonyl (C=O) groups is 4. The Bertz CT molecular complexity index is 1350. The molecule has 244 valence electrons. The minimum Gasteiger partial charge on any atom is -0.456 e. The van der Waals surface area contributed by atoms with Crippen molar-refractivity contribution in [2.24, 2.45) is 11.3 Å². The van der Waals surface area contributed by atoms with Crippen molar-refractivity contribution in [2.75, 3.05) is 6.54 Å². The molecule has 15 heteroatoms. The van der Waals surface area contributed by atoms with E-state index < -0.39 is 57.4 Å². The molecule has 3 heterocycles. The van der Waals surface area contributed by atoms with E-state index in [9.17, 15) is 24.3 Å². The minimum absolute atomic E-state index is 0.000298. The van der Waals surface area contributed by atoms with E-state index in [-0.39, 0.29) is 35.3 Å². The van der Waals surface area contributed by atoms with Crippen LogP contribution in [0.4, 0.5) is 0 Å². The lowest BCUT2D eigenvalue weighted by molar-refractivity contribution is -0.179. The number of carbonyl (C=O) groups excluding carboxylic acids is 4. The minimum atomic E-state index is -1.59. The Hall–Kier alpha value is -2.32. The highest BCUT2D eigenvalue weighted by Crippen LogP contribution is 2.38. The van der Waals surface area contributed by atoms with Gasteiger partial charge in [-0.25, -0.2) is 14.8 Å². The first-order chi connectivity index (χ1) is 20.3. The third-order valence-corrected chi connectivity index (χ3v) is 9.64. The number of rotatable bonds is 7. The van der Waals surface area contributed by atoms with Gasteiger partial charge in [0.2, 0.25) is 5.91 Å². The Labute approximate surface area is 275 Å². The SMILES string of the molecule is CCC(C)[C@@H]1NC(=O)CNC(=O)c2csc(n2)[C@H](C(C)(C)O)OC(=O)C(C)(C)[C@H](CCCC(C)(Cl)Cl)OC(=O)c2csc1n2. The van der Waals surface area contributed by atoms with E-state index in [1.807, 2.05) is 13.8 Å². The van der Waals surface area contributed by atoms with Crippen molar-refractivity contribution in [3.05, 3.63) is 32.2 Å². The second kappa shape index (κ2) is 14.4. The molecule has 11 nitrogen and oxygen atoms in total. The predicted molar refractivity (Wildman–Crippen MR) is 169 cm³/mol. The Morgan fingerprint density at radius 2 is 1.68 bits per heavy atom. The molecule has 3 rings (SSSR count). The summed E-state index contributed by atoms with van der Waals surface area (Å²) in [6, 6.07) is -0.524. The largest absolute Gasteiger partial charge is 0.456 e. The standard InChI is InChI=1S/C29H40Cl2N4O7S2/c1-8-15(2)20-23-34-17(14-43-23)25(38)41-18(10-9-11-29(7,30)31)27(3,4)26(39)42-21(28(5,6)40)24-33-16(13-44-24)22(37)32-12-19(36)35-20/h13-15,18,20-21,40H,8-12H2,1-7H3,(H,32,37)(H,35,36)/t15?,18-,20-,21+/m0/s1. The second-order valence-corrected chi connectivity index (χ2v) is 15.9. The molecular formula is C29H40Cl2N4O7S2. The fourth-order valence-corrected chi connectivity index (χ4v) is 6.68. The number of thiazole rings is 2. The van der Waals surface area contributed by atoms with Gasteiger partial charge in [0.1, 0.15) is 31.7 Å². The monoisotopic (exact) mass is 690 g/mol. The number of alkyl halides is 2. The van der Waals surface area contributed by atoms with Crippen LogP contribution in [0.3, 0.4) is 0 Å². The average Bonchev–Trinajstić information content (AvgIpc) is 3.61. The highest BCUT2D eigenvalue weighted by atomic mass is 35.5. The molecule has 0 saturated carbocycles. The number of aromatic nitrogens is 2. The van der Waals surface area contributed by atoms with E-state index in [0.29, 0.717) is 24.3 Å². The molecule has 0 aliphatic carbocycles. The predicted octanol–water partition coefficient (Wildman–Crippen LogP) is 5.52. The van der Waals surface area contributed by atoms with Crippen LogP contribution in [0.25, 0.3) is 0 Å². The number of ether oxygens (including phenoxy) is 2. The lowest BCUT2D eigenvalue weighted by Gasteiger charge is -2.35. The molecule has 4 atom stereocenters. The maximum Gasteiger partial charge on any atom is 0.358 e. The van der Waals surface area contributed by atoms with Gasteiger partial charge in [0.15, 0.2) is 11.8 Å². The highest BCUT2D eigenvalue weighted by molar-refractivity contribution is 7.10. The van der Waals surface area contributed by atoms with Gasteiger partial charge in [-0.15, -0.1) is 45.9 Å². The lowest BCUT2D eigenvalue weighted by Crippen LogP contribution is -2.44. The Morgan fingerprint density at radius 1 is 1.07 bits per heavy atom. The summed E-state index contributed by atoms with van der Waals surface area (Å²) in [6.07, 6.45) is -0.533. The quantitative estimate of drug-likeness (QED) is 0.251. The van der Waals surface area contributed by atoms with Crippen LogP contribution in [0.1, 0.15) is 117 Å². The van der Waals surface area contributed by atoms with Crippen molar-refractivity contribution in [3.8, 4) is 0 Å². The van der Waals surface area contributed by atoms with E-state index in [4.69, 9.17) is 32.7 Å². The smallest absolute Gasteiger partial charge is 0.358 e. The van der Waals surface area contributed by atoms with Gasteiger partial charge in [-0.05, 0) is 59.8 Å². The van der Waals surface area contributed by atoms with Gasteiger partial charge >= 0.3 is 11.9 Å². The summed E-state index contributed by atoms with van der Waals surface area (Å²) in [6.45, 7) is 11.3. The number of hydrogen-bond acceptors (Lipinski definition) is 11. The van der Waals surface area contributed by atoms with Crippen LogP contribution in [0.2, 0.25) is 0 Å². The van der Waals surface area contributed by atoms with Crippen LogP contribution in [-0.2, 0) is 19.1 Å². The van der Waals surface area contributed by atoms with Gasteiger partial charge in [-0.3, -0.25) is 14.4 Å². The molecule has 0 fully saturated rings. The molecule has 0 aromatic carbocycles. The molecule has 2 aromatic heterocycles. The third-order valence-electron chi connectivity index (χ3n) is 7.44. The first-order valence-corrected chi connectivity index (χ1v) is 16.9. The molecule has 2 amide bonds. The third kappa shape index (κ3) is 9.35. The summed E-state index contributed by atoms with van der Waals surface area (Å²) in [5.41, 5.74) is -2.97. The fourth-order valence-electron chi connectivity index (χ4n) is 4.44. The summed E-state index contributed by atoms with van der Waals surface area (Å²) in [5.74, 6) is -2.61. The maximum atomic E-state index is 13.8. The molecule has 0 spiro atoms. The van der Waals surface area contributed by atoms with E-state index >= 15 is 0 Å². The van der Waals surface area contributed by atoms with Gasteiger partial charge in [-0.2, -0.15) is 0 Å². The van der Waals surface area contributed by atoms with Gasteiger partial charge in [0.05, 0.1) is 18.0 Å². The molecule has 2 aromatic rings. The summed E-state index contributed by atoms with van der Waals surface area (Å²) in [7, 11) is 0. The molecule has 4 bridgehead atoms. The number of halogens is 2. The second-order valence-electron chi connectivity index (χ2n) is 12.3. The zero-order chi connectivity index (χ0) is 33.0. The van der Waals surface area contributed by atoms with Gasteiger partial charge in [0, 0.05) is 10.8 Å². The van der Waals surface area contributed by atoms with Crippen LogP contribution in [0.5, 0.6) is 0 Å². The van der Waals surface area contributed by atoms with Gasteiger partial charge in [0.25, 0.3) is 5.91 Å². The van der Waals surface area contributed by atoms with Crippen molar-refractivity contribution in [1.82, 2.24) is 20.6 Å². The molecule has 1 aliphatic rings. The zero-order valence-electron chi connectivity index (χ0n) is 25.9. The van der Waals surface area contributed by atoms with Crippen LogP contribution in [-0.4, -0.2) is 61.4 Å². The molecule has 1 aliphatic heterocycles. The number of esters is 2. The Balaban J connectivity index is 2.07. The van der Waals surface area contributed by atoms with Crippen LogP contribution < -0.4 is 10.6 Å². The number of cyclic esters (lactones) is 2. The van der Waals surface area contributed by atoms with Crippen molar-refractivity contribution in [1.29, 1.82) is 0 Å². The average molecular weight is 692 g/mol. The highest BCUT2D eigenvalue weighted by Gasteiger charge is 2.45. The van der Waals surface area contributed by atoms with Crippen molar-refractivity contribution >= 4 is 69.6 Å². The summed E-state index contributed by atoms with van der Waals surface area (Å²) in [4.78, 5) is 61.7. The Kier molecular flexibility index (Phi) is 11.8. The summed E-state index contributed by atoms with van der Waals surface area (Å²) >= 11 is 14.6. The maximum absolute atomic E-state index is 13.8. The molecule has 0 saturated heterocycles. The van der Waals surface area contributed by atoms with E-state index in [1.54, 1.807) is 26.2 Å². The molecule has 0 radical (unpaired) electrons. The molecular weight excluding hydrogens is 651 g/mol. The number of hydrogen-bond donors (Lipinski definition) is 3. The number of fused-ring (bicyclic) bond motifs is 4. The van der Waals surface area contributed by atoms with Gasteiger partial charge in [-0.1, -0.05) is 20.3 Å². The molecule has 44 heavy (non-hydrogen) atoms. The molecule has 1 unspecified atom stereocenters. The van der Waals surface area contributed by atoms with Crippen molar-refractivity contribution in [3.63, 3.8) is 0 Å². The van der Waals surface area contributed by atoms with Crippen LogP contribution in [0, 0.1) is 11.3 Å². The van der Waals surface area contributed by atoms with Crippen molar-refractivity contribution in [2.45, 2.75) is 102 Å². The lowest BCUT2D eigenvalue weighted by atomic mass is 9.83. The van der Waals surface area contributed by atoms with Gasteiger partial charge < -0.3 is 25.2 Å². The van der Waals surface area contributed by atoms with E-state index in [2.05, 4.69) is 20.6 Å². The number of aliphatic hydroxyl groups is 1. The van der Waals surface area contributed by atoms with Crippen molar-refractivity contribution < 1.29 is 33.8 Å². The zero-order valence-corrected chi connectivity index (χ0v) is 29.0. The number of nitrogens with one attached hydrogen (secondary N) is 2. The Morgan fingerprint density at radius 3 is 2.30 bits per heavy atom. The summed E-state index contributed by atoms with van der Waals surface area (Å²) < 4.78 is 10.7. The molecule has 3 N–H and O–H groups in total. The normalized spacial score (nSPS) is 22.9. The first-order valence-electron chi connectivity index (χ1n) is 14.3. The fraction of sp³-hybridized carbons (Fsp3) is 0.655. The van der Waals surface area contributed by atoms with E-state index in [0.717, 1.165) is 11.3 Å². The van der Waals surface area contributed by atoms with Crippen LogP contribution >= 0.6 is 45.9 Å².